The Labute approximate surface area is 123 Å². The summed E-state index contributed by atoms with van der Waals surface area (Å²) < 4.78 is 6.98. The Kier molecular flexibility index (Phi) is 4.81. The highest BCUT2D eigenvalue weighted by Gasteiger charge is 2.12. The summed E-state index contributed by atoms with van der Waals surface area (Å²) in [6, 6.07) is 5.46. The van der Waals surface area contributed by atoms with Crippen molar-refractivity contribution in [2.75, 3.05) is 17.7 Å². The molecule has 0 aliphatic rings. The molecular weight excluding hydrogens is 268 g/mol. The summed E-state index contributed by atoms with van der Waals surface area (Å²) in [5.74, 6) is -0.402. The summed E-state index contributed by atoms with van der Waals surface area (Å²) in [6.45, 7) is 4.93. The zero-order chi connectivity index (χ0) is 15.2. The first kappa shape index (κ1) is 14.9. The van der Waals surface area contributed by atoms with Crippen molar-refractivity contribution >= 4 is 17.3 Å². The fraction of sp³-hybridized carbons (Fsp3) is 0.333. The first-order chi connectivity index (χ1) is 10.1. The minimum absolute atomic E-state index is 0.179. The third kappa shape index (κ3) is 3.98. The van der Waals surface area contributed by atoms with Crippen LogP contribution in [0.4, 0.5) is 11.4 Å². The number of carbonyl (C=O) groups is 1. The Morgan fingerprint density at radius 2 is 2.33 bits per heavy atom. The average Bonchev–Trinajstić information content (AvgIpc) is 2.94. The van der Waals surface area contributed by atoms with Gasteiger partial charge in [-0.05, 0) is 32.0 Å². The topological polar surface area (TPSA) is 82.2 Å². The minimum Gasteiger partial charge on any atom is -0.462 e. The molecule has 0 aliphatic carbocycles. The molecule has 6 heteroatoms. The third-order valence-corrected chi connectivity index (χ3v) is 3.01. The van der Waals surface area contributed by atoms with E-state index in [1.807, 2.05) is 16.8 Å². The van der Waals surface area contributed by atoms with Crippen LogP contribution in [0.2, 0.25) is 0 Å². The summed E-state index contributed by atoms with van der Waals surface area (Å²) in [7, 11) is 0. The van der Waals surface area contributed by atoms with Gasteiger partial charge in [-0.2, -0.15) is 0 Å². The fourth-order valence-corrected chi connectivity index (χ4v) is 2.07. The van der Waals surface area contributed by atoms with Crippen LogP contribution >= 0.6 is 0 Å². The van der Waals surface area contributed by atoms with Crippen molar-refractivity contribution in [3.05, 3.63) is 42.5 Å². The number of imidazole rings is 1. The Balaban J connectivity index is 2.06. The van der Waals surface area contributed by atoms with Gasteiger partial charge in [0.25, 0.3) is 0 Å². The normalized spacial score (nSPS) is 11.9. The predicted molar refractivity (Wildman–Crippen MR) is 82.1 cm³/mol. The number of benzene rings is 1. The minimum atomic E-state index is -0.402. The van der Waals surface area contributed by atoms with Gasteiger partial charge in [0.1, 0.15) is 0 Å². The number of esters is 1. The molecule has 0 saturated heterocycles. The quantitative estimate of drug-likeness (QED) is 0.628. The number of aromatic nitrogens is 2. The van der Waals surface area contributed by atoms with Crippen molar-refractivity contribution in [2.24, 2.45) is 0 Å². The van der Waals surface area contributed by atoms with Crippen LogP contribution in [-0.4, -0.2) is 28.2 Å². The molecule has 1 aromatic heterocycles. The molecule has 0 spiro atoms. The van der Waals surface area contributed by atoms with Crippen LogP contribution in [0.3, 0.4) is 0 Å². The van der Waals surface area contributed by atoms with Crippen LogP contribution in [0, 0.1) is 0 Å². The van der Waals surface area contributed by atoms with Crippen molar-refractivity contribution in [2.45, 2.75) is 26.4 Å². The number of nitrogen functional groups attached to an aromatic ring is 1. The Bertz CT molecular complexity index is 596. The molecule has 0 aliphatic heterocycles. The maximum atomic E-state index is 11.8. The van der Waals surface area contributed by atoms with Crippen LogP contribution in [0.1, 0.15) is 24.2 Å². The molecule has 0 bridgehead atoms. The number of carbonyl (C=O) groups excluding carboxylic acids is 1. The third-order valence-electron chi connectivity index (χ3n) is 3.01. The van der Waals surface area contributed by atoms with Gasteiger partial charge >= 0.3 is 5.97 Å². The van der Waals surface area contributed by atoms with Gasteiger partial charge in [0, 0.05) is 36.4 Å². The van der Waals surface area contributed by atoms with Gasteiger partial charge in [0.05, 0.1) is 18.5 Å². The average molecular weight is 288 g/mol. The Hall–Kier alpha value is -2.50. The molecule has 6 nitrogen and oxygen atoms in total. The van der Waals surface area contributed by atoms with Gasteiger partial charge in [-0.15, -0.1) is 0 Å². The van der Waals surface area contributed by atoms with E-state index >= 15 is 0 Å². The number of ether oxygens (including phenoxy) is 1. The lowest BCUT2D eigenvalue weighted by atomic mass is 10.1. The van der Waals surface area contributed by atoms with E-state index in [9.17, 15) is 4.79 Å². The zero-order valence-electron chi connectivity index (χ0n) is 12.2. The number of hydrogen-bond acceptors (Lipinski definition) is 5. The second kappa shape index (κ2) is 6.78. The van der Waals surface area contributed by atoms with E-state index in [1.165, 1.54) is 0 Å². The highest BCUT2D eigenvalue weighted by molar-refractivity contribution is 5.96. The Morgan fingerprint density at radius 3 is 3.00 bits per heavy atom. The van der Waals surface area contributed by atoms with E-state index in [0.29, 0.717) is 17.9 Å². The van der Waals surface area contributed by atoms with Crippen molar-refractivity contribution in [3.63, 3.8) is 0 Å². The monoisotopic (exact) mass is 288 g/mol. The van der Waals surface area contributed by atoms with E-state index in [0.717, 1.165) is 12.2 Å². The summed E-state index contributed by atoms with van der Waals surface area (Å²) in [5, 5.41) is 3.33. The lowest BCUT2D eigenvalue weighted by Gasteiger charge is -2.17. The smallest absolute Gasteiger partial charge is 0.340 e. The second-order valence-electron chi connectivity index (χ2n) is 4.83. The van der Waals surface area contributed by atoms with E-state index < -0.39 is 5.97 Å². The number of hydrogen-bond donors (Lipinski definition) is 2. The van der Waals surface area contributed by atoms with Crippen LogP contribution in [0.15, 0.2) is 36.9 Å². The van der Waals surface area contributed by atoms with Crippen molar-refractivity contribution < 1.29 is 9.53 Å². The maximum absolute atomic E-state index is 11.8. The summed E-state index contributed by atoms with van der Waals surface area (Å²) in [5.41, 5.74) is 7.46. The molecule has 112 valence electrons. The summed E-state index contributed by atoms with van der Waals surface area (Å²) in [4.78, 5) is 15.8. The molecule has 21 heavy (non-hydrogen) atoms. The van der Waals surface area contributed by atoms with Crippen LogP contribution < -0.4 is 11.1 Å². The zero-order valence-corrected chi connectivity index (χ0v) is 12.2. The fourth-order valence-electron chi connectivity index (χ4n) is 2.07. The number of nitrogens with one attached hydrogen (secondary N) is 1. The van der Waals surface area contributed by atoms with Gasteiger partial charge in [0.15, 0.2) is 0 Å². The van der Waals surface area contributed by atoms with Gasteiger partial charge < -0.3 is 20.4 Å². The Morgan fingerprint density at radius 1 is 1.52 bits per heavy atom. The molecule has 0 fully saturated rings. The lowest BCUT2D eigenvalue weighted by Crippen LogP contribution is -2.21. The summed E-state index contributed by atoms with van der Waals surface area (Å²) >= 11 is 0. The molecule has 1 unspecified atom stereocenters. The summed E-state index contributed by atoms with van der Waals surface area (Å²) in [6.07, 6.45) is 5.42. The van der Waals surface area contributed by atoms with Gasteiger partial charge in [-0.3, -0.25) is 0 Å². The second-order valence-corrected chi connectivity index (χ2v) is 4.83. The lowest BCUT2D eigenvalue weighted by molar-refractivity contribution is 0.0527. The SMILES string of the molecule is CCOC(=O)c1cc(NC(C)Cn2ccnc2)ccc1N. The number of nitrogens with two attached hydrogens (primary N) is 1. The molecule has 1 atom stereocenters. The maximum Gasteiger partial charge on any atom is 0.340 e. The van der Waals surface area contributed by atoms with Crippen molar-refractivity contribution in [1.82, 2.24) is 9.55 Å². The first-order valence-electron chi connectivity index (χ1n) is 6.89. The van der Waals surface area contributed by atoms with Gasteiger partial charge in [-0.25, -0.2) is 9.78 Å². The van der Waals surface area contributed by atoms with E-state index in [4.69, 9.17) is 10.5 Å². The highest BCUT2D eigenvalue weighted by atomic mass is 16.5. The van der Waals surface area contributed by atoms with Crippen LogP contribution in [0.25, 0.3) is 0 Å². The van der Waals surface area contributed by atoms with E-state index in [-0.39, 0.29) is 6.04 Å². The number of anilines is 2. The molecule has 0 saturated carbocycles. The molecule has 2 aromatic rings. The molecule has 2 rings (SSSR count). The van der Waals surface area contributed by atoms with Crippen molar-refractivity contribution in [3.8, 4) is 0 Å². The number of nitrogens with zero attached hydrogens (tertiary/aromatic N) is 2. The van der Waals surface area contributed by atoms with Gasteiger partial charge in [-0.1, -0.05) is 0 Å². The number of rotatable bonds is 6. The highest BCUT2D eigenvalue weighted by Crippen LogP contribution is 2.19. The van der Waals surface area contributed by atoms with Crippen LogP contribution in [-0.2, 0) is 11.3 Å². The first-order valence-corrected chi connectivity index (χ1v) is 6.89. The van der Waals surface area contributed by atoms with Crippen molar-refractivity contribution in [1.29, 1.82) is 0 Å². The largest absolute Gasteiger partial charge is 0.462 e. The molecule has 0 amide bonds. The van der Waals surface area contributed by atoms with Gasteiger partial charge in [0.2, 0.25) is 0 Å². The molecular formula is C15H20N4O2. The van der Waals surface area contributed by atoms with Crippen LogP contribution in [0.5, 0.6) is 0 Å². The molecule has 3 N–H and O–H groups in total. The molecule has 1 heterocycles. The molecule has 0 radical (unpaired) electrons. The standard InChI is InChI=1S/C15H20N4O2/c1-3-21-15(20)13-8-12(4-5-14(13)16)18-11(2)9-19-7-6-17-10-19/h4-8,10-11,18H,3,9,16H2,1-2H3. The van der Waals surface area contributed by atoms with E-state index in [1.54, 1.807) is 31.6 Å². The van der Waals surface area contributed by atoms with E-state index in [2.05, 4.69) is 17.2 Å². The predicted octanol–water partition coefficient (Wildman–Crippen LogP) is 2.14. The molecule has 1 aromatic carbocycles.